The second kappa shape index (κ2) is 7.54. The highest BCUT2D eigenvalue weighted by molar-refractivity contribution is 9.10. The minimum absolute atomic E-state index is 0.0357. The van der Waals surface area contributed by atoms with Crippen LogP contribution in [-0.2, 0) is 4.79 Å². The Kier molecular flexibility index (Phi) is 6.36. The second-order valence-corrected chi connectivity index (χ2v) is 5.33. The molecule has 0 radical (unpaired) electrons. The summed E-state index contributed by atoms with van der Waals surface area (Å²) in [5, 5.41) is 3.01. The predicted molar refractivity (Wildman–Crippen MR) is 78.2 cm³/mol. The van der Waals surface area contributed by atoms with E-state index in [2.05, 4.69) is 28.2 Å². The fourth-order valence-electron chi connectivity index (χ4n) is 1.84. The van der Waals surface area contributed by atoms with Crippen molar-refractivity contribution in [3.05, 3.63) is 34.3 Å². The van der Waals surface area contributed by atoms with E-state index in [1.54, 1.807) is 0 Å². The Bertz CT molecular complexity index is 378. The molecule has 0 aliphatic carbocycles. The summed E-state index contributed by atoms with van der Waals surface area (Å²) >= 11 is 3.40. The first-order valence-electron chi connectivity index (χ1n) is 6.39. The Morgan fingerprint density at radius 2 is 1.94 bits per heavy atom. The van der Waals surface area contributed by atoms with Crippen molar-refractivity contribution in [2.24, 2.45) is 5.73 Å². The molecule has 0 bridgehead atoms. The third-order valence-corrected chi connectivity index (χ3v) is 3.46. The van der Waals surface area contributed by atoms with Gasteiger partial charge in [0.1, 0.15) is 0 Å². The molecule has 2 atom stereocenters. The van der Waals surface area contributed by atoms with Gasteiger partial charge < -0.3 is 11.1 Å². The van der Waals surface area contributed by atoms with Gasteiger partial charge in [-0.15, -0.1) is 0 Å². The molecule has 0 saturated carbocycles. The molecule has 0 saturated heterocycles. The molecule has 3 N–H and O–H groups in total. The Morgan fingerprint density at radius 3 is 2.44 bits per heavy atom. The van der Waals surface area contributed by atoms with Crippen LogP contribution in [0.15, 0.2) is 28.7 Å². The molecule has 2 unspecified atom stereocenters. The summed E-state index contributed by atoms with van der Waals surface area (Å²) in [6.45, 7) is 4.08. The summed E-state index contributed by atoms with van der Waals surface area (Å²) < 4.78 is 1.04. The Labute approximate surface area is 117 Å². The highest BCUT2D eigenvalue weighted by Gasteiger charge is 2.17. The van der Waals surface area contributed by atoms with Crippen LogP contribution in [0.4, 0.5) is 0 Å². The molecule has 0 heterocycles. The number of carbonyl (C=O) groups is 1. The highest BCUT2D eigenvalue weighted by atomic mass is 79.9. The third kappa shape index (κ3) is 4.42. The van der Waals surface area contributed by atoms with Crippen LogP contribution in [0, 0.1) is 0 Å². The monoisotopic (exact) mass is 312 g/mol. The van der Waals surface area contributed by atoms with E-state index in [0.29, 0.717) is 0 Å². The number of halogens is 1. The summed E-state index contributed by atoms with van der Waals surface area (Å²) in [4.78, 5) is 11.9. The first-order chi connectivity index (χ1) is 8.58. The molecule has 1 rings (SSSR count). The predicted octanol–water partition coefficient (Wildman–Crippen LogP) is 3.14. The van der Waals surface area contributed by atoms with Crippen molar-refractivity contribution in [1.82, 2.24) is 5.32 Å². The molecule has 18 heavy (non-hydrogen) atoms. The van der Waals surface area contributed by atoms with Gasteiger partial charge in [0, 0.05) is 4.47 Å². The topological polar surface area (TPSA) is 55.1 Å². The molecule has 4 heteroatoms. The summed E-state index contributed by atoms with van der Waals surface area (Å²) in [6, 6.07) is 7.63. The van der Waals surface area contributed by atoms with Gasteiger partial charge in [-0.3, -0.25) is 4.79 Å². The number of hydrogen-bond donors (Lipinski definition) is 2. The van der Waals surface area contributed by atoms with E-state index < -0.39 is 6.04 Å². The molecular formula is C14H21BrN2O. The lowest BCUT2D eigenvalue weighted by atomic mass is 10.0. The lowest BCUT2D eigenvalue weighted by Crippen LogP contribution is -2.42. The van der Waals surface area contributed by atoms with Crippen molar-refractivity contribution in [3.8, 4) is 0 Å². The number of hydrogen-bond acceptors (Lipinski definition) is 2. The molecule has 0 fully saturated rings. The average molecular weight is 313 g/mol. The van der Waals surface area contributed by atoms with Crippen LogP contribution in [0.25, 0.3) is 0 Å². The van der Waals surface area contributed by atoms with Crippen LogP contribution in [0.5, 0.6) is 0 Å². The van der Waals surface area contributed by atoms with Gasteiger partial charge in [-0.2, -0.15) is 0 Å². The zero-order chi connectivity index (χ0) is 13.5. The van der Waals surface area contributed by atoms with Gasteiger partial charge in [-0.05, 0) is 30.5 Å². The van der Waals surface area contributed by atoms with Crippen molar-refractivity contribution in [2.45, 2.75) is 45.2 Å². The molecule has 1 aromatic rings. The standard InChI is InChI=1S/C14H21BrN2O/c1-3-5-12(16)14(18)17-13(4-2)10-6-8-11(15)9-7-10/h6-9,12-13H,3-5,16H2,1-2H3,(H,17,18). The Hall–Kier alpha value is -0.870. The van der Waals surface area contributed by atoms with Crippen molar-refractivity contribution < 1.29 is 4.79 Å². The maximum atomic E-state index is 11.9. The van der Waals surface area contributed by atoms with Crippen molar-refractivity contribution in [1.29, 1.82) is 0 Å². The Morgan fingerprint density at radius 1 is 1.33 bits per heavy atom. The molecule has 3 nitrogen and oxygen atoms in total. The maximum Gasteiger partial charge on any atom is 0.237 e. The first kappa shape index (κ1) is 15.2. The van der Waals surface area contributed by atoms with Gasteiger partial charge in [0.15, 0.2) is 0 Å². The van der Waals surface area contributed by atoms with Crippen LogP contribution in [0.1, 0.15) is 44.7 Å². The summed E-state index contributed by atoms with van der Waals surface area (Å²) in [7, 11) is 0. The third-order valence-electron chi connectivity index (χ3n) is 2.93. The van der Waals surface area contributed by atoms with E-state index in [4.69, 9.17) is 5.73 Å². The molecule has 0 aliphatic rings. The smallest absolute Gasteiger partial charge is 0.237 e. The van der Waals surface area contributed by atoms with E-state index in [-0.39, 0.29) is 11.9 Å². The molecular weight excluding hydrogens is 292 g/mol. The Balaban J connectivity index is 2.67. The normalized spacial score (nSPS) is 14.0. The van der Waals surface area contributed by atoms with Gasteiger partial charge in [-0.25, -0.2) is 0 Å². The SMILES string of the molecule is CCCC(N)C(=O)NC(CC)c1ccc(Br)cc1. The van der Waals surface area contributed by atoms with Gasteiger partial charge >= 0.3 is 0 Å². The number of nitrogens with two attached hydrogens (primary N) is 1. The number of amides is 1. The number of carbonyl (C=O) groups excluding carboxylic acids is 1. The molecule has 0 aromatic heterocycles. The van der Waals surface area contributed by atoms with Crippen LogP contribution in [-0.4, -0.2) is 11.9 Å². The summed E-state index contributed by atoms with van der Waals surface area (Å²) in [5.74, 6) is -0.0633. The van der Waals surface area contributed by atoms with Gasteiger partial charge in [0.2, 0.25) is 5.91 Å². The number of benzene rings is 1. The molecule has 1 amide bonds. The fraction of sp³-hybridized carbons (Fsp3) is 0.500. The highest BCUT2D eigenvalue weighted by Crippen LogP contribution is 2.19. The minimum atomic E-state index is -0.403. The van der Waals surface area contributed by atoms with E-state index in [9.17, 15) is 4.79 Å². The number of nitrogens with one attached hydrogen (secondary N) is 1. The largest absolute Gasteiger partial charge is 0.348 e. The zero-order valence-corrected chi connectivity index (χ0v) is 12.5. The molecule has 0 aliphatic heterocycles. The number of rotatable bonds is 6. The van der Waals surface area contributed by atoms with E-state index in [0.717, 1.165) is 29.3 Å². The molecule has 100 valence electrons. The quantitative estimate of drug-likeness (QED) is 0.847. The van der Waals surface area contributed by atoms with Crippen LogP contribution >= 0.6 is 15.9 Å². The van der Waals surface area contributed by atoms with Gasteiger partial charge in [0.25, 0.3) is 0 Å². The van der Waals surface area contributed by atoms with Crippen molar-refractivity contribution in [3.63, 3.8) is 0 Å². The molecule has 1 aromatic carbocycles. The second-order valence-electron chi connectivity index (χ2n) is 4.42. The van der Waals surface area contributed by atoms with Crippen LogP contribution < -0.4 is 11.1 Å². The average Bonchev–Trinajstić information content (AvgIpc) is 2.37. The molecule has 0 spiro atoms. The van der Waals surface area contributed by atoms with E-state index in [1.807, 2.05) is 31.2 Å². The van der Waals surface area contributed by atoms with Crippen molar-refractivity contribution in [2.75, 3.05) is 0 Å². The lowest BCUT2D eigenvalue weighted by Gasteiger charge is -2.20. The van der Waals surface area contributed by atoms with Crippen LogP contribution in [0.2, 0.25) is 0 Å². The van der Waals surface area contributed by atoms with E-state index >= 15 is 0 Å². The minimum Gasteiger partial charge on any atom is -0.348 e. The first-order valence-corrected chi connectivity index (χ1v) is 7.19. The van der Waals surface area contributed by atoms with Crippen molar-refractivity contribution >= 4 is 21.8 Å². The zero-order valence-electron chi connectivity index (χ0n) is 10.9. The van der Waals surface area contributed by atoms with Crippen LogP contribution in [0.3, 0.4) is 0 Å². The fourth-order valence-corrected chi connectivity index (χ4v) is 2.10. The lowest BCUT2D eigenvalue weighted by molar-refractivity contribution is -0.123. The van der Waals surface area contributed by atoms with Gasteiger partial charge in [0.05, 0.1) is 12.1 Å². The summed E-state index contributed by atoms with van der Waals surface area (Å²) in [5.41, 5.74) is 6.92. The summed E-state index contributed by atoms with van der Waals surface area (Å²) in [6.07, 6.45) is 2.50. The van der Waals surface area contributed by atoms with E-state index in [1.165, 1.54) is 0 Å². The van der Waals surface area contributed by atoms with Gasteiger partial charge in [-0.1, -0.05) is 48.3 Å². The maximum absolute atomic E-state index is 11.9.